The van der Waals surface area contributed by atoms with Gasteiger partial charge in [-0.15, -0.1) is 0 Å². The monoisotopic (exact) mass is 650 g/mol. The van der Waals surface area contributed by atoms with Crippen LogP contribution in [0.3, 0.4) is 0 Å². The highest BCUT2D eigenvalue weighted by molar-refractivity contribution is 6.63. The molecular formula is C37H55BN2O7. The van der Waals surface area contributed by atoms with Crippen LogP contribution < -0.4 is 15.6 Å². The van der Waals surface area contributed by atoms with Gasteiger partial charge in [-0.1, -0.05) is 51.0 Å². The summed E-state index contributed by atoms with van der Waals surface area (Å²) < 4.78 is 30.8. The van der Waals surface area contributed by atoms with E-state index < -0.39 is 24.2 Å². The van der Waals surface area contributed by atoms with Gasteiger partial charge in [0.05, 0.1) is 23.9 Å². The van der Waals surface area contributed by atoms with E-state index in [1.165, 1.54) is 5.01 Å². The summed E-state index contributed by atoms with van der Waals surface area (Å²) in [7, 11) is -0.693. The Morgan fingerprint density at radius 1 is 1.00 bits per heavy atom. The van der Waals surface area contributed by atoms with Gasteiger partial charge in [0, 0.05) is 28.8 Å². The number of benzene rings is 2. The Hall–Kier alpha value is -2.92. The lowest BCUT2D eigenvalue weighted by atomic mass is 9.76. The van der Waals surface area contributed by atoms with Gasteiger partial charge in [0.1, 0.15) is 12.4 Å². The van der Waals surface area contributed by atoms with Crippen molar-refractivity contribution >= 4 is 24.4 Å². The maximum Gasteiger partial charge on any atom is 0.498 e. The van der Waals surface area contributed by atoms with Gasteiger partial charge in [-0.3, -0.25) is 15.0 Å². The molecule has 2 fully saturated rings. The first-order valence-corrected chi connectivity index (χ1v) is 17.0. The van der Waals surface area contributed by atoms with Crippen LogP contribution in [-0.4, -0.2) is 67.3 Å². The number of hydrogen-bond donors (Lipinski definition) is 1. The Kier molecular flexibility index (Phi) is 11.5. The highest BCUT2D eigenvalue weighted by atomic mass is 16.7. The van der Waals surface area contributed by atoms with Gasteiger partial charge in [0.25, 0.3) is 11.8 Å². The third-order valence-electron chi connectivity index (χ3n) is 9.57. The molecule has 4 rings (SSSR count). The Bertz CT molecular complexity index is 1390. The summed E-state index contributed by atoms with van der Waals surface area (Å²) in [6, 6.07) is 9.06. The van der Waals surface area contributed by atoms with Crippen molar-refractivity contribution in [2.75, 3.05) is 19.8 Å². The van der Waals surface area contributed by atoms with E-state index in [0.717, 1.165) is 30.4 Å². The van der Waals surface area contributed by atoms with Crippen LogP contribution in [0.25, 0.3) is 0 Å². The molecule has 2 aliphatic rings. The highest BCUT2D eigenvalue weighted by Gasteiger charge is 2.52. The molecule has 2 aromatic rings. The summed E-state index contributed by atoms with van der Waals surface area (Å²) in [6.45, 7) is 23.3. The lowest BCUT2D eigenvalue weighted by molar-refractivity contribution is -0.165. The van der Waals surface area contributed by atoms with Crippen molar-refractivity contribution in [3.8, 4) is 5.75 Å². The summed E-state index contributed by atoms with van der Waals surface area (Å²) in [6.07, 6.45) is 3.40. The first-order valence-electron chi connectivity index (χ1n) is 17.0. The van der Waals surface area contributed by atoms with Crippen LogP contribution in [0.5, 0.6) is 5.75 Å². The van der Waals surface area contributed by atoms with E-state index in [4.69, 9.17) is 23.5 Å². The second kappa shape index (κ2) is 14.7. The number of aryl methyl sites for hydroxylation is 2. The molecule has 2 amide bonds. The normalized spacial score (nSPS) is 19.7. The average Bonchev–Trinajstić information content (AvgIpc) is 3.20. The molecule has 9 nitrogen and oxygen atoms in total. The maximum absolute atomic E-state index is 14.2. The van der Waals surface area contributed by atoms with Gasteiger partial charge in [0.15, 0.2) is 6.29 Å². The fourth-order valence-corrected chi connectivity index (χ4v) is 6.33. The predicted molar refractivity (Wildman–Crippen MR) is 185 cm³/mol. The Balaban J connectivity index is 1.66. The molecule has 0 bridgehead atoms. The van der Waals surface area contributed by atoms with Crippen molar-refractivity contribution in [2.45, 2.75) is 125 Å². The van der Waals surface area contributed by atoms with E-state index in [1.54, 1.807) is 6.07 Å². The Morgan fingerprint density at radius 3 is 2.19 bits per heavy atom. The summed E-state index contributed by atoms with van der Waals surface area (Å²) in [4.78, 5) is 28.3. The van der Waals surface area contributed by atoms with Gasteiger partial charge in [-0.25, -0.2) is 5.01 Å². The minimum Gasteiger partial charge on any atom is -0.491 e. The van der Waals surface area contributed by atoms with E-state index in [0.29, 0.717) is 47.5 Å². The topological polar surface area (TPSA) is 95.6 Å². The molecule has 258 valence electrons. The summed E-state index contributed by atoms with van der Waals surface area (Å²) in [5.74, 6) is -0.156. The van der Waals surface area contributed by atoms with Gasteiger partial charge in [-0.05, 0) is 97.8 Å². The minimum atomic E-state index is -0.693. The maximum atomic E-state index is 14.2. The van der Waals surface area contributed by atoms with Crippen LogP contribution in [0.4, 0.5) is 0 Å². The zero-order valence-electron chi connectivity index (χ0n) is 30.4. The summed E-state index contributed by atoms with van der Waals surface area (Å²) in [5.41, 5.74) is 5.78. The molecule has 10 heteroatoms. The predicted octanol–water partition coefficient (Wildman–Crippen LogP) is 6.44. The lowest BCUT2D eigenvalue weighted by Crippen LogP contribution is -2.56. The molecule has 0 aromatic heterocycles. The van der Waals surface area contributed by atoms with Gasteiger partial charge in [0.2, 0.25) is 0 Å². The zero-order valence-corrected chi connectivity index (χ0v) is 30.4. The second-order valence-electron chi connectivity index (χ2n) is 15.0. The standard InChI is InChI=1S/C37H55BN2O7/c1-12-30(35(5,6)7)40(34(42)27-22-24(2)21-25(3)23-27)39-33(41)28-16-17-29(38-46-36(8,9)37(10,11)47-38)32(26(28)4)45-20-19-44-31-15-13-14-18-43-31/h16-17,21-23,30-31H,12-15,18-20H2,1-11H3,(H,39,41). The van der Waals surface area contributed by atoms with Crippen molar-refractivity contribution in [1.82, 2.24) is 10.4 Å². The lowest BCUT2D eigenvalue weighted by Gasteiger charge is -2.39. The quantitative estimate of drug-likeness (QED) is 0.180. The number of hydrazine groups is 1. The van der Waals surface area contributed by atoms with E-state index in [9.17, 15) is 9.59 Å². The molecule has 0 saturated carbocycles. The van der Waals surface area contributed by atoms with Crippen molar-refractivity contribution < 1.29 is 33.1 Å². The van der Waals surface area contributed by atoms with Crippen LogP contribution in [0.2, 0.25) is 0 Å². The molecule has 2 atom stereocenters. The number of ether oxygens (including phenoxy) is 3. The van der Waals surface area contributed by atoms with Crippen LogP contribution in [-0.2, 0) is 18.8 Å². The van der Waals surface area contributed by atoms with E-state index in [2.05, 4.69) is 26.2 Å². The highest BCUT2D eigenvalue weighted by Crippen LogP contribution is 2.38. The van der Waals surface area contributed by atoms with Gasteiger partial charge < -0.3 is 23.5 Å². The largest absolute Gasteiger partial charge is 0.498 e. The molecule has 2 aliphatic heterocycles. The van der Waals surface area contributed by atoms with Crippen molar-refractivity contribution in [1.29, 1.82) is 0 Å². The Labute approximate surface area is 282 Å². The molecule has 0 radical (unpaired) electrons. The number of nitrogens with zero attached hydrogens (tertiary/aromatic N) is 1. The Morgan fingerprint density at radius 2 is 1.64 bits per heavy atom. The van der Waals surface area contributed by atoms with Crippen LogP contribution in [0.1, 0.15) is 118 Å². The van der Waals surface area contributed by atoms with E-state index >= 15 is 0 Å². The molecule has 2 aromatic carbocycles. The molecular weight excluding hydrogens is 595 g/mol. The summed E-state index contributed by atoms with van der Waals surface area (Å²) in [5, 5.41) is 1.51. The van der Waals surface area contributed by atoms with Crippen molar-refractivity contribution in [2.24, 2.45) is 5.41 Å². The molecule has 2 heterocycles. The fraction of sp³-hybridized carbons (Fsp3) is 0.622. The van der Waals surface area contributed by atoms with Crippen molar-refractivity contribution in [3.05, 3.63) is 58.1 Å². The zero-order chi connectivity index (χ0) is 34.7. The molecule has 2 unspecified atom stereocenters. The van der Waals surface area contributed by atoms with Gasteiger partial charge in [-0.2, -0.15) is 0 Å². The fourth-order valence-electron chi connectivity index (χ4n) is 6.33. The number of hydrogen-bond acceptors (Lipinski definition) is 7. The van der Waals surface area contributed by atoms with E-state index in [-0.39, 0.29) is 30.3 Å². The van der Waals surface area contributed by atoms with Crippen LogP contribution >= 0.6 is 0 Å². The minimum absolute atomic E-state index is 0.233. The molecule has 0 aliphatic carbocycles. The van der Waals surface area contributed by atoms with Crippen molar-refractivity contribution in [3.63, 3.8) is 0 Å². The molecule has 47 heavy (non-hydrogen) atoms. The number of nitrogens with one attached hydrogen (secondary N) is 1. The smallest absolute Gasteiger partial charge is 0.491 e. The van der Waals surface area contributed by atoms with Crippen LogP contribution in [0.15, 0.2) is 30.3 Å². The molecule has 0 spiro atoms. The van der Waals surface area contributed by atoms with E-state index in [1.807, 2.05) is 79.7 Å². The van der Waals surface area contributed by atoms with Gasteiger partial charge >= 0.3 is 7.12 Å². The molecule has 1 N–H and O–H groups in total. The number of carbonyl (C=O) groups is 2. The average molecular weight is 651 g/mol. The first kappa shape index (κ1) is 36.9. The number of carbonyl (C=O) groups excluding carboxylic acids is 2. The first-order chi connectivity index (χ1) is 21.9. The number of amides is 2. The molecule has 2 saturated heterocycles. The number of rotatable bonds is 10. The third kappa shape index (κ3) is 8.58. The second-order valence-corrected chi connectivity index (χ2v) is 15.0. The van der Waals surface area contributed by atoms with Crippen LogP contribution in [0, 0.1) is 26.2 Å². The SMILES string of the molecule is CCC(N(NC(=O)c1ccc(B2OC(C)(C)C(C)(C)O2)c(OCCOC2CCCCO2)c1C)C(=O)c1cc(C)cc(C)c1)C(C)(C)C. The third-order valence-corrected chi connectivity index (χ3v) is 9.57. The summed E-state index contributed by atoms with van der Waals surface area (Å²) >= 11 is 0.